The zero-order valence-electron chi connectivity index (χ0n) is 9.48. The van der Waals surface area contributed by atoms with Gasteiger partial charge in [0.05, 0.1) is 0 Å². The summed E-state index contributed by atoms with van der Waals surface area (Å²) in [5.74, 6) is 0.0227. The second kappa shape index (κ2) is 3.11. The van der Waals surface area contributed by atoms with Crippen LogP contribution in [0.2, 0.25) is 0 Å². The smallest absolute Gasteiger partial charge is 0.268 e. The molecule has 1 aliphatic rings. The van der Waals surface area contributed by atoms with E-state index in [2.05, 4.69) is 36.3 Å². The largest absolute Gasteiger partial charge is 0.350 e. The third-order valence-electron chi connectivity index (χ3n) is 3.24. The number of amides is 1. The van der Waals surface area contributed by atoms with E-state index in [1.165, 1.54) is 22.1 Å². The molecule has 0 saturated heterocycles. The van der Waals surface area contributed by atoms with E-state index in [1.807, 2.05) is 0 Å². The maximum Gasteiger partial charge on any atom is 0.268 e. The molecule has 1 aliphatic heterocycles. The third kappa shape index (κ3) is 1.18. The van der Waals surface area contributed by atoms with E-state index in [-0.39, 0.29) is 5.91 Å². The number of nitrogens with one attached hydrogen (secondary N) is 2. The van der Waals surface area contributed by atoms with Gasteiger partial charge >= 0.3 is 0 Å². The van der Waals surface area contributed by atoms with Crippen LogP contribution in [0.15, 0.2) is 12.1 Å². The van der Waals surface area contributed by atoms with Gasteiger partial charge in [0.2, 0.25) is 0 Å². The average Bonchev–Trinajstić information content (AvgIpc) is 2.59. The summed E-state index contributed by atoms with van der Waals surface area (Å²) in [7, 11) is 0. The van der Waals surface area contributed by atoms with Crippen molar-refractivity contribution in [1.29, 1.82) is 0 Å². The number of carbonyl (C=O) groups excluding carboxylic acids is 1. The van der Waals surface area contributed by atoms with E-state index in [1.54, 1.807) is 0 Å². The number of aryl methyl sites for hydroxylation is 2. The van der Waals surface area contributed by atoms with Gasteiger partial charge in [0.15, 0.2) is 0 Å². The first kappa shape index (κ1) is 9.46. The molecule has 0 spiro atoms. The molecule has 3 rings (SSSR count). The second-order valence-corrected chi connectivity index (χ2v) is 4.49. The highest BCUT2D eigenvalue weighted by Gasteiger charge is 2.21. The Balaban J connectivity index is 2.40. The minimum absolute atomic E-state index is 0.0227. The molecule has 1 aromatic heterocycles. The van der Waals surface area contributed by atoms with Crippen molar-refractivity contribution in [3.8, 4) is 0 Å². The fraction of sp³-hybridized carbons (Fsp3) is 0.308. The molecule has 3 heteroatoms. The summed E-state index contributed by atoms with van der Waals surface area (Å²) in [5.41, 5.74) is 5.48. The van der Waals surface area contributed by atoms with Gasteiger partial charge in [-0.25, -0.2) is 0 Å². The Kier molecular flexibility index (Phi) is 1.84. The van der Waals surface area contributed by atoms with Crippen LogP contribution in [0, 0.1) is 13.8 Å². The van der Waals surface area contributed by atoms with Gasteiger partial charge in [-0.1, -0.05) is 11.6 Å². The Morgan fingerprint density at radius 1 is 1.25 bits per heavy atom. The molecular formula is C13H14N2O. The zero-order valence-corrected chi connectivity index (χ0v) is 9.48. The van der Waals surface area contributed by atoms with Gasteiger partial charge in [0.1, 0.15) is 5.69 Å². The summed E-state index contributed by atoms with van der Waals surface area (Å²) in [6, 6.07) is 4.30. The van der Waals surface area contributed by atoms with Crippen molar-refractivity contribution < 1.29 is 4.79 Å². The Morgan fingerprint density at radius 3 is 2.88 bits per heavy atom. The summed E-state index contributed by atoms with van der Waals surface area (Å²) in [5, 5.41) is 4.07. The summed E-state index contributed by atoms with van der Waals surface area (Å²) in [6.07, 6.45) is 0.921. The van der Waals surface area contributed by atoms with E-state index < -0.39 is 0 Å². The highest BCUT2D eigenvalue weighted by molar-refractivity contribution is 6.02. The maximum atomic E-state index is 11.7. The van der Waals surface area contributed by atoms with Crippen LogP contribution in [0.25, 0.3) is 10.9 Å². The van der Waals surface area contributed by atoms with E-state index >= 15 is 0 Å². The lowest BCUT2D eigenvalue weighted by Gasteiger charge is -2.11. The monoisotopic (exact) mass is 214 g/mol. The number of rotatable bonds is 0. The van der Waals surface area contributed by atoms with Gasteiger partial charge in [0, 0.05) is 17.4 Å². The Labute approximate surface area is 93.9 Å². The van der Waals surface area contributed by atoms with Crippen LogP contribution in [0.1, 0.15) is 27.2 Å². The molecule has 2 heterocycles. The van der Waals surface area contributed by atoms with Gasteiger partial charge < -0.3 is 10.3 Å². The summed E-state index contributed by atoms with van der Waals surface area (Å²) < 4.78 is 0. The third-order valence-corrected chi connectivity index (χ3v) is 3.24. The van der Waals surface area contributed by atoms with Gasteiger partial charge in [0.25, 0.3) is 5.91 Å². The zero-order chi connectivity index (χ0) is 11.3. The number of benzene rings is 1. The summed E-state index contributed by atoms with van der Waals surface area (Å²) in [4.78, 5) is 15.0. The Bertz CT molecular complexity index is 595. The molecule has 0 radical (unpaired) electrons. The highest BCUT2D eigenvalue weighted by Crippen LogP contribution is 2.28. The van der Waals surface area contributed by atoms with E-state index in [4.69, 9.17) is 0 Å². The number of H-pyrrole nitrogens is 1. The van der Waals surface area contributed by atoms with Crippen molar-refractivity contribution in [3.63, 3.8) is 0 Å². The number of fused-ring (bicyclic) bond motifs is 3. The van der Waals surface area contributed by atoms with Gasteiger partial charge in [-0.3, -0.25) is 4.79 Å². The van der Waals surface area contributed by atoms with Gasteiger partial charge in [-0.2, -0.15) is 0 Å². The predicted molar refractivity (Wildman–Crippen MR) is 63.8 cm³/mol. The van der Waals surface area contributed by atoms with E-state index in [9.17, 15) is 4.79 Å². The van der Waals surface area contributed by atoms with Crippen LogP contribution in [0.5, 0.6) is 0 Å². The fourth-order valence-electron chi connectivity index (χ4n) is 2.55. The van der Waals surface area contributed by atoms with Gasteiger partial charge in [-0.05, 0) is 37.5 Å². The van der Waals surface area contributed by atoms with Crippen molar-refractivity contribution in [3.05, 3.63) is 34.5 Å². The predicted octanol–water partition coefficient (Wildman–Crippen LogP) is 2.07. The van der Waals surface area contributed by atoms with E-state index in [0.29, 0.717) is 0 Å². The SMILES string of the molecule is Cc1cc(C)c2[nH]c3c(c2c1)CCNC3=O. The highest BCUT2D eigenvalue weighted by atomic mass is 16.1. The molecule has 16 heavy (non-hydrogen) atoms. The topological polar surface area (TPSA) is 44.9 Å². The number of aromatic nitrogens is 1. The molecule has 0 saturated carbocycles. The molecule has 3 nitrogen and oxygen atoms in total. The minimum atomic E-state index is 0.0227. The first-order chi connectivity index (χ1) is 7.66. The molecule has 82 valence electrons. The van der Waals surface area contributed by atoms with E-state index in [0.717, 1.165) is 24.2 Å². The molecule has 0 aliphatic carbocycles. The Morgan fingerprint density at radius 2 is 2.06 bits per heavy atom. The average molecular weight is 214 g/mol. The molecule has 1 aromatic carbocycles. The normalized spacial score (nSPS) is 15.0. The van der Waals surface area contributed by atoms with Gasteiger partial charge in [-0.15, -0.1) is 0 Å². The van der Waals surface area contributed by atoms with Crippen LogP contribution in [-0.2, 0) is 6.42 Å². The molecule has 0 atom stereocenters. The van der Waals surface area contributed by atoms with Crippen LogP contribution in [0.4, 0.5) is 0 Å². The Hall–Kier alpha value is -1.77. The molecule has 1 amide bonds. The quantitative estimate of drug-likeness (QED) is 0.692. The second-order valence-electron chi connectivity index (χ2n) is 4.49. The summed E-state index contributed by atoms with van der Waals surface area (Å²) in [6.45, 7) is 4.91. The van der Waals surface area contributed by atoms with Crippen LogP contribution in [-0.4, -0.2) is 17.4 Å². The van der Waals surface area contributed by atoms with Crippen molar-refractivity contribution in [2.24, 2.45) is 0 Å². The molecule has 2 N–H and O–H groups in total. The maximum absolute atomic E-state index is 11.7. The van der Waals surface area contributed by atoms with Crippen LogP contribution >= 0.6 is 0 Å². The van der Waals surface area contributed by atoms with Crippen molar-refractivity contribution in [1.82, 2.24) is 10.3 Å². The van der Waals surface area contributed by atoms with Crippen LogP contribution in [0.3, 0.4) is 0 Å². The molecule has 0 unspecified atom stereocenters. The molecular weight excluding hydrogens is 200 g/mol. The van der Waals surface area contributed by atoms with Crippen LogP contribution < -0.4 is 5.32 Å². The fourth-order valence-corrected chi connectivity index (χ4v) is 2.55. The van der Waals surface area contributed by atoms with Crippen molar-refractivity contribution in [2.75, 3.05) is 6.54 Å². The van der Waals surface area contributed by atoms with Crippen molar-refractivity contribution >= 4 is 16.8 Å². The number of hydrogen-bond donors (Lipinski definition) is 2. The summed E-state index contributed by atoms with van der Waals surface area (Å²) >= 11 is 0. The number of carbonyl (C=O) groups is 1. The lowest BCUT2D eigenvalue weighted by Crippen LogP contribution is -2.31. The lowest BCUT2D eigenvalue weighted by atomic mass is 10.0. The lowest BCUT2D eigenvalue weighted by molar-refractivity contribution is 0.0942. The van der Waals surface area contributed by atoms with Crippen molar-refractivity contribution in [2.45, 2.75) is 20.3 Å². The minimum Gasteiger partial charge on any atom is -0.350 e. The molecule has 0 fully saturated rings. The standard InChI is InChI=1S/C13H14N2O/c1-7-5-8(2)11-10(6-7)9-3-4-14-13(16)12(9)15-11/h5-6,15H,3-4H2,1-2H3,(H,14,16). The number of hydrogen-bond acceptors (Lipinski definition) is 1. The number of aromatic amines is 1. The molecule has 0 bridgehead atoms. The first-order valence-electron chi connectivity index (χ1n) is 5.57. The molecule has 2 aromatic rings. The first-order valence-corrected chi connectivity index (χ1v) is 5.57.